The summed E-state index contributed by atoms with van der Waals surface area (Å²) in [6, 6.07) is 13.2. The fraction of sp³-hybridized carbons (Fsp3) is 0.227. The highest BCUT2D eigenvalue weighted by Gasteiger charge is 2.26. The van der Waals surface area contributed by atoms with E-state index >= 15 is 0 Å². The summed E-state index contributed by atoms with van der Waals surface area (Å²) in [6.07, 6.45) is 1.82. The molecule has 0 fully saturated rings. The lowest BCUT2D eigenvalue weighted by molar-refractivity contribution is 0.0514. The molecule has 1 aromatic carbocycles. The minimum Gasteiger partial charge on any atom is -0.461 e. The molecule has 0 spiro atoms. The number of thioether (sulfide) groups is 1. The van der Waals surface area contributed by atoms with Crippen LogP contribution in [0.2, 0.25) is 0 Å². The van der Waals surface area contributed by atoms with E-state index in [0.29, 0.717) is 27.2 Å². The van der Waals surface area contributed by atoms with Gasteiger partial charge in [-0.3, -0.25) is 4.79 Å². The number of nitriles is 1. The number of rotatable bonds is 6. The molecule has 5 nitrogen and oxygen atoms in total. The third-order valence-electron chi connectivity index (χ3n) is 4.34. The van der Waals surface area contributed by atoms with Crippen LogP contribution in [0.15, 0.2) is 47.5 Å². The molecule has 0 aliphatic rings. The van der Waals surface area contributed by atoms with Gasteiger partial charge in [0.25, 0.3) is 0 Å². The zero-order chi connectivity index (χ0) is 20.3. The first-order chi connectivity index (χ1) is 13.5. The Labute approximate surface area is 167 Å². The van der Waals surface area contributed by atoms with Gasteiger partial charge >= 0.3 is 5.97 Å². The molecule has 0 aliphatic carbocycles. The molecule has 28 heavy (non-hydrogen) atoms. The largest absolute Gasteiger partial charge is 0.461 e. The van der Waals surface area contributed by atoms with Crippen molar-refractivity contribution in [1.82, 2.24) is 4.40 Å². The van der Waals surface area contributed by atoms with E-state index in [9.17, 15) is 14.9 Å². The number of hydrogen-bond acceptors (Lipinski definition) is 5. The van der Waals surface area contributed by atoms with Gasteiger partial charge in [0.15, 0.2) is 5.78 Å². The van der Waals surface area contributed by atoms with Crippen LogP contribution in [0.3, 0.4) is 0 Å². The number of esters is 1. The van der Waals surface area contributed by atoms with E-state index in [-0.39, 0.29) is 18.1 Å². The first kappa shape index (κ1) is 19.7. The Morgan fingerprint density at radius 1 is 1.21 bits per heavy atom. The number of carbonyl (C=O) groups excluding carboxylic acids is 2. The number of ether oxygens (including phenoxy) is 1. The van der Waals surface area contributed by atoms with Gasteiger partial charge in [-0.25, -0.2) is 4.79 Å². The van der Waals surface area contributed by atoms with E-state index in [4.69, 9.17) is 4.74 Å². The standard InChI is InChI=1S/C22H20N2O3S/c1-4-27-22(26)20-21(28-13-18(25)16-8-6-5-7-9-16)17(11-23)19-15(3)10-14(2)12-24(19)20/h5-10,12H,4,13H2,1-3H3. The topological polar surface area (TPSA) is 71.6 Å². The van der Waals surface area contributed by atoms with Crippen LogP contribution >= 0.6 is 11.8 Å². The fourth-order valence-corrected chi connectivity index (χ4v) is 4.26. The molecule has 0 radical (unpaired) electrons. The molecule has 0 bridgehead atoms. The minimum atomic E-state index is -0.501. The summed E-state index contributed by atoms with van der Waals surface area (Å²) in [5.74, 6) is -0.439. The number of Topliss-reactive ketones (excluding diaryl/α,β-unsaturated/α-hetero) is 1. The van der Waals surface area contributed by atoms with Crippen molar-refractivity contribution in [2.75, 3.05) is 12.4 Å². The molecule has 2 aromatic heterocycles. The Hall–Kier alpha value is -3.04. The quantitative estimate of drug-likeness (QED) is 0.349. The van der Waals surface area contributed by atoms with Gasteiger partial charge in [-0.1, -0.05) is 36.4 Å². The first-order valence-electron chi connectivity index (χ1n) is 8.91. The highest BCUT2D eigenvalue weighted by molar-refractivity contribution is 8.00. The van der Waals surface area contributed by atoms with Crippen LogP contribution in [-0.2, 0) is 4.74 Å². The molecule has 0 unspecified atom stereocenters. The SMILES string of the molecule is CCOC(=O)c1c(SCC(=O)c2ccccc2)c(C#N)c2c(C)cc(C)cn12. The summed E-state index contributed by atoms with van der Waals surface area (Å²) < 4.78 is 6.96. The van der Waals surface area contributed by atoms with Crippen molar-refractivity contribution in [2.24, 2.45) is 0 Å². The Bertz CT molecular complexity index is 1090. The lowest BCUT2D eigenvalue weighted by Gasteiger charge is -2.07. The Morgan fingerprint density at radius 3 is 2.57 bits per heavy atom. The van der Waals surface area contributed by atoms with E-state index in [1.165, 1.54) is 11.8 Å². The summed E-state index contributed by atoms with van der Waals surface area (Å²) in [5, 5.41) is 9.80. The Morgan fingerprint density at radius 2 is 1.93 bits per heavy atom. The summed E-state index contributed by atoms with van der Waals surface area (Å²) in [4.78, 5) is 25.7. The summed E-state index contributed by atoms with van der Waals surface area (Å²) in [7, 11) is 0. The lowest BCUT2D eigenvalue weighted by Crippen LogP contribution is -2.10. The number of ketones is 1. The molecule has 0 N–H and O–H groups in total. The number of fused-ring (bicyclic) bond motifs is 1. The molecular weight excluding hydrogens is 372 g/mol. The average Bonchev–Trinajstić information content (AvgIpc) is 3.00. The number of pyridine rings is 1. The molecule has 142 valence electrons. The van der Waals surface area contributed by atoms with Crippen LogP contribution in [0.25, 0.3) is 5.52 Å². The molecule has 3 rings (SSSR count). The second-order valence-corrected chi connectivity index (χ2v) is 7.37. The molecule has 0 saturated carbocycles. The maximum Gasteiger partial charge on any atom is 0.356 e. The summed E-state index contributed by atoms with van der Waals surface area (Å²) in [5.41, 5.74) is 3.82. The lowest BCUT2D eigenvalue weighted by atomic mass is 10.1. The van der Waals surface area contributed by atoms with Gasteiger partial charge in [-0.05, 0) is 31.9 Å². The van der Waals surface area contributed by atoms with Crippen LogP contribution in [0.4, 0.5) is 0 Å². The molecule has 6 heteroatoms. The maximum absolute atomic E-state index is 12.7. The van der Waals surface area contributed by atoms with Gasteiger partial charge < -0.3 is 9.14 Å². The smallest absolute Gasteiger partial charge is 0.356 e. The fourth-order valence-electron chi connectivity index (χ4n) is 3.21. The second kappa shape index (κ2) is 8.32. The number of hydrogen-bond donors (Lipinski definition) is 0. The predicted molar refractivity (Wildman–Crippen MR) is 109 cm³/mol. The molecule has 0 saturated heterocycles. The predicted octanol–water partition coefficient (Wildman–Crippen LogP) is 4.58. The van der Waals surface area contributed by atoms with Gasteiger partial charge in [-0.2, -0.15) is 5.26 Å². The highest BCUT2D eigenvalue weighted by Crippen LogP contribution is 2.35. The third kappa shape index (κ3) is 3.67. The van der Waals surface area contributed by atoms with Crippen LogP contribution in [-0.4, -0.2) is 28.5 Å². The van der Waals surface area contributed by atoms with Crippen molar-refractivity contribution in [3.05, 3.63) is 70.5 Å². The van der Waals surface area contributed by atoms with Crippen molar-refractivity contribution in [2.45, 2.75) is 25.7 Å². The van der Waals surface area contributed by atoms with Gasteiger partial charge in [0.05, 0.1) is 28.3 Å². The van der Waals surface area contributed by atoms with E-state index in [1.807, 2.05) is 32.2 Å². The van der Waals surface area contributed by atoms with E-state index < -0.39 is 5.97 Å². The van der Waals surface area contributed by atoms with Crippen molar-refractivity contribution >= 4 is 29.0 Å². The molecule has 3 aromatic rings. The second-order valence-electron chi connectivity index (χ2n) is 6.38. The summed E-state index contributed by atoms with van der Waals surface area (Å²) in [6.45, 7) is 5.80. The Kier molecular flexibility index (Phi) is 5.86. The third-order valence-corrected chi connectivity index (χ3v) is 5.43. The van der Waals surface area contributed by atoms with Gasteiger partial charge in [0.2, 0.25) is 0 Å². The maximum atomic E-state index is 12.7. The van der Waals surface area contributed by atoms with E-state index in [0.717, 1.165) is 11.1 Å². The van der Waals surface area contributed by atoms with Crippen LogP contribution in [0.5, 0.6) is 0 Å². The normalized spacial score (nSPS) is 10.6. The summed E-state index contributed by atoms with van der Waals surface area (Å²) >= 11 is 1.20. The number of aryl methyl sites for hydroxylation is 2. The Balaban J connectivity index is 2.10. The van der Waals surface area contributed by atoms with Gasteiger partial charge in [0.1, 0.15) is 11.8 Å². The van der Waals surface area contributed by atoms with Crippen molar-refractivity contribution < 1.29 is 14.3 Å². The number of carbonyl (C=O) groups is 2. The zero-order valence-electron chi connectivity index (χ0n) is 16.0. The minimum absolute atomic E-state index is 0.0625. The average molecular weight is 392 g/mol. The number of aromatic nitrogens is 1. The zero-order valence-corrected chi connectivity index (χ0v) is 16.8. The number of nitrogens with zero attached hydrogens (tertiary/aromatic N) is 2. The van der Waals surface area contributed by atoms with Crippen LogP contribution in [0, 0.1) is 25.2 Å². The molecule has 0 aliphatic heterocycles. The molecule has 0 amide bonds. The van der Waals surface area contributed by atoms with Crippen molar-refractivity contribution in [3.63, 3.8) is 0 Å². The van der Waals surface area contributed by atoms with Crippen molar-refractivity contribution in [3.8, 4) is 6.07 Å². The van der Waals surface area contributed by atoms with Gasteiger partial charge in [-0.15, -0.1) is 11.8 Å². The first-order valence-corrected chi connectivity index (χ1v) is 9.90. The van der Waals surface area contributed by atoms with E-state index in [2.05, 4.69) is 6.07 Å². The molecular formula is C22H20N2O3S. The molecule has 0 atom stereocenters. The molecule has 2 heterocycles. The van der Waals surface area contributed by atoms with E-state index in [1.54, 1.807) is 35.6 Å². The van der Waals surface area contributed by atoms with Crippen LogP contribution in [0.1, 0.15) is 44.5 Å². The number of benzene rings is 1. The highest BCUT2D eigenvalue weighted by atomic mass is 32.2. The van der Waals surface area contributed by atoms with Crippen LogP contribution < -0.4 is 0 Å². The van der Waals surface area contributed by atoms with Crippen molar-refractivity contribution in [1.29, 1.82) is 5.26 Å². The van der Waals surface area contributed by atoms with Gasteiger partial charge in [0, 0.05) is 11.8 Å². The monoisotopic (exact) mass is 392 g/mol.